The number of benzene rings is 1. The van der Waals surface area contributed by atoms with Gasteiger partial charge in [0.05, 0.1) is 10.7 Å². The average Bonchev–Trinajstić information content (AvgIpc) is 3.01. The zero-order valence-corrected chi connectivity index (χ0v) is 13.4. The molecule has 0 spiro atoms. The van der Waals surface area contributed by atoms with Crippen LogP contribution in [0.3, 0.4) is 0 Å². The Labute approximate surface area is 126 Å². The lowest BCUT2D eigenvalue weighted by atomic mass is 10.1. The molecule has 0 amide bonds. The molecule has 1 N–H and O–H groups in total. The number of rotatable bonds is 3. The van der Waals surface area contributed by atoms with Gasteiger partial charge in [0.1, 0.15) is 0 Å². The molecule has 19 heavy (non-hydrogen) atoms. The van der Waals surface area contributed by atoms with E-state index in [0.29, 0.717) is 6.04 Å². The van der Waals surface area contributed by atoms with Crippen molar-refractivity contribution in [2.75, 3.05) is 6.54 Å². The topological polar surface area (TPSA) is 24.9 Å². The molecule has 0 saturated carbocycles. The SMILES string of the molecule is Cc1sc(CC2CCCN2)nc1-c1ccccc1Br. The minimum absolute atomic E-state index is 0.623. The van der Waals surface area contributed by atoms with E-state index >= 15 is 0 Å². The predicted octanol–water partition coefficient (Wildman–Crippen LogP) is 4.18. The van der Waals surface area contributed by atoms with Gasteiger partial charge in [-0.2, -0.15) is 0 Å². The molecule has 0 radical (unpaired) electrons. The molecule has 1 unspecified atom stereocenters. The Kier molecular flexibility index (Phi) is 4.01. The number of nitrogens with one attached hydrogen (secondary N) is 1. The summed E-state index contributed by atoms with van der Waals surface area (Å²) in [6.07, 6.45) is 3.64. The number of thiazole rings is 1. The summed E-state index contributed by atoms with van der Waals surface area (Å²) in [6.45, 7) is 3.32. The van der Waals surface area contributed by atoms with E-state index in [2.05, 4.69) is 46.4 Å². The van der Waals surface area contributed by atoms with Crippen LogP contribution in [0.1, 0.15) is 22.7 Å². The summed E-state index contributed by atoms with van der Waals surface area (Å²) in [7, 11) is 0. The zero-order chi connectivity index (χ0) is 13.2. The van der Waals surface area contributed by atoms with Crippen molar-refractivity contribution in [2.24, 2.45) is 0 Å². The monoisotopic (exact) mass is 336 g/mol. The molecule has 100 valence electrons. The number of hydrogen-bond acceptors (Lipinski definition) is 3. The van der Waals surface area contributed by atoms with Gasteiger partial charge in [0.25, 0.3) is 0 Å². The van der Waals surface area contributed by atoms with Crippen molar-refractivity contribution in [1.82, 2.24) is 10.3 Å². The third kappa shape index (κ3) is 2.91. The van der Waals surface area contributed by atoms with Gasteiger partial charge >= 0.3 is 0 Å². The van der Waals surface area contributed by atoms with Crippen LogP contribution < -0.4 is 5.32 Å². The molecule has 4 heteroatoms. The first-order valence-electron chi connectivity index (χ1n) is 6.68. The molecule has 1 aliphatic heterocycles. The highest BCUT2D eigenvalue weighted by atomic mass is 79.9. The molecule has 1 fully saturated rings. The van der Waals surface area contributed by atoms with Crippen molar-refractivity contribution in [3.05, 3.63) is 38.6 Å². The van der Waals surface area contributed by atoms with Crippen LogP contribution in [-0.4, -0.2) is 17.6 Å². The second kappa shape index (κ2) is 5.73. The third-order valence-electron chi connectivity index (χ3n) is 3.55. The molecule has 3 rings (SSSR count). The fraction of sp³-hybridized carbons (Fsp3) is 0.400. The lowest BCUT2D eigenvalue weighted by molar-refractivity contribution is 0.601. The van der Waals surface area contributed by atoms with Crippen LogP contribution >= 0.6 is 27.3 Å². The summed E-state index contributed by atoms with van der Waals surface area (Å²) < 4.78 is 1.12. The van der Waals surface area contributed by atoms with Gasteiger partial charge < -0.3 is 5.32 Å². The maximum Gasteiger partial charge on any atom is 0.0950 e. The lowest BCUT2D eigenvalue weighted by Gasteiger charge is -2.06. The highest BCUT2D eigenvalue weighted by Crippen LogP contribution is 2.33. The third-order valence-corrected chi connectivity index (χ3v) is 5.24. The highest BCUT2D eigenvalue weighted by Gasteiger charge is 2.18. The predicted molar refractivity (Wildman–Crippen MR) is 84.7 cm³/mol. The van der Waals surface area contributed by atoms with E-state index in [0.717, 1.165) is 23.1 Å². The number of nitrogens with zero attached hydrogens (tertiary/aromatic N) is 1. The Morgan fingerprint density at radius 2 is 2.26 bits per heavy atom. The van der Waals surface area contributed by atoms with Crippen LogP contribution in [-0.2, 0) is 6.42 Å². The van der Waals surface area contributed by atoms with E-state index < -0.39 is 0 Å². The first-order chi connectivity index (χ1) is 9.24. The van der Waals surface area contributed by atoms with Crippen molar-refractivity contribution in [2.45, 2.75) is 32.2 Å². The van der Waals surface area contributed by atoms with Crippen molar-refractivity contribution < 1.29 is 0 Å². The highest BCUT2D eigenvalue weighted by molar-refractivity contribution is 9.10. The Hall–Kier alpha value is -0.710. The van der Waals surface area contributed by atoms with E-state index in [1.54, 1.807) is 0 Å². The Morgan fingerprint density at radius 3 is 3.00 bits per heavy atom. The first-order valence-corrected chi connectivity index (χ1v) is 8.29. The summed E-state index contributed by atoms with van der Waals surface area (Å²) in [5.74, 6) is 0. The van der Waals surface area contributed by atoms with Crippen LogP contribution in [0.5, 0.6) is 0 Å². The standard InChI is InChI=1S/C15H17BrN2S/c1-10-15(12-6-2-3-7-13(12)16)18-14(19-10)9-11-5-4-8-17-11/h2-3,6-7,11,17H,4-5,8-9H2,1H3. The number of aryl methyl sites for hydroxylation is 1. The fourth-order valence-electron chi connectivity index (χ4n) is 2.58. The van der Waals surface area contributed by atoms with Crippen LogP contribution in [0.15, 0.2) is 28.7 Å². The molecule has 1 atom stereocenters. The molecular formula is C15H17BrN2S. The van der Waals surface area contributed by atoms with Gasteiger partial charge in [0.15, 0.2) is 0 Å². The van der Waals surface area contributed by atoms with Crippen LogP contribution in [0.4, 0.5) is 0 Å². The normalized spacial score (nSPS) is 18.9. The molecule has 0 aliphatic carbocycles. The van der Waals surface area contributed by atoms with Gasteiger partial charge in [-0.1, -0.05) is 34.1 Å². The molecule has 0 bridgehead atoms. The van der Waals surface area contributed by atoms with Crippen molar-refractivity contribution in [3.63, 3.8) is 0 Å². The smallest absolute Gasteiger partial charge is 0.0950 e. The minimum atomic E-state index is 0.623. The van der Waals surface area contributed by atoms with Crippen LogP contribution in [0, 0.1) is 6.92 Å². The molecule has 1 aromatic carbocycles. The summed E-state index contributed by atoms with van der Waals surface area (Å²) in [5, 5.41) is 4.79. The molecular weight excluding hydrogens is 320 g/mol. The Balaban J connectivity index is 1.87. The Bertz CT molecular complexity index is 573. The maximum atomic E-state index is 4.85. The molecule has 1 saturated heterocycles. The molecule has 2 heterocycles. The maximum absolute atomic E-state index is 4.85. The fourth-order valence-corrected chi connectivity index (χ4v) is 4.08. The zero-order valence-electron chi connectivity index (χ0n) is 10.9. The van der Waals surface area contributed by atoms with Crippen LogP contribution in [0.2, 0.25) is 0 Å². The quantitative estimate of drug-likeness (QED) is 0.909. The van der Waals surface area contributed by atoms with Gasteiger partial charge in [-0.3, -0.25) is 0 Å². The van der Waals surface area contributed by atoms with E-state index in [-0.39, 0.29) is 0 Å². The van der Waals surface area contributed by atoms with Gasteiger partial charge in [-0.15, -0.1) is 11.3 Å². The summed E-state index contributed by atoms with van der Waals surface area (Å²) in [5.41, 5.74) is 2.33. The van der Waals surface area contributed by atoms with E-state index in [1.807, 2.05) is 17.4 Å². The lowest BCUT2D eigenvalue weighted by Crippen LogP contribution is -2.23. The van der Waals surface area contributed by atoms with Gasteiger partial charge in [0, 0.05) is 27.4 Å². The first kappa shape index (κ1) is 13.3. The van der Waals surface area contributed by atoms with Gasteiger partial charge in [-0.05, 0) is 32.4 Å². The van der Waals surface area contributed by atoms with E-state index in [4.69, 9.17) is 4.98 Å². The van der Waals surface area contributed by atoms with Crippen LogP contribution in [0.25, 0.3) is 11.3 Å². The number of halogens is 1. The summed E-state index contributed by atoms with van der Waals surface area (Å²) >= 11 is 5.45. The Morgan fingerprint density at radius 1 is 1.42 bits per heavy atom. The number of aromatic nitrogens is 1. The van der Waals surface area contributed by atoms with Crippen molar-refractivity contribution in [3.8, 4) is 11.3 Å². The second-order valence-electron chi connectivity index (χ2n) is 4.99. The summed E-state index contributed by atoms with van der Waals surface area (Å²) in [4.78, 5) is 6.16. The van der Waals surface area contributed by atoms with Gasteiger partial charge in [0.2, 0.25) is 0 Å². The van der Waals surface area contributed by atoms with E-state index in [1.165, 1.54) is 28.3 Å². The molecule has 2 nitrogen and oxygen atoms in total. The van der Waals surface area contributed by atoms with E-state index in [9.17, 15) is 0 Å². The number of hydrogen-bond donors (Lipinski definition) is 1. The van der Waals surface area contributed by atoms with Crippen molar-refractivity contribution in [1.29, 1.82) is 0 Å². The minimum Gasteiger partial charge on any atom is -0.314 e. The van der Waals surface area contributed by atoms with Gasteiger partial charge in [-0.25, -0.2) is 4.98 Å². The molecule has 1 aromatic heterocycles. The second-order valence-corrected chi connectivity index (χ2v) is 7.13. The van der Waals surface area contributed by atoms with Crippen molar-refractivity contribution >= 4 is 27.3 Å². The summed E-state index contributed by atoms with van der Waals surface area (Å²) in [6, 6.07) is 8.93. The molecule has 1 aliphatic rings. The average molecular weight is 337 g/mol. The largest absolute Gasteiger partial charge is 0.314 e. The molecule has 2 aromatic rings.